The second kappa shape index (κ2) is 9.74. The topological polar surface area (TPSA) is 169 Å². The highest BCUT2D eigenvalue weighted by atomic mass is 16.7. The first-order chi connectivity index (χ1) is 11.7. The molecule has 10 heteroatoms. The summed E-state index contributed by atoms with van der Waals surface area (Å²) in [5.74, 6) is -0.619. The molecular weight excluding hydrogens is 338 g/mol. The minimum Gasteiger partial charge on any atom is -0.396 e. The summed E-state index contributed by atoms with van der Waals surface area (Å²) in [5.41, 5.74) is -0.961. The van der Waals surface area contributed by atoms with Gasteiger partial charge in [0.1, 0.15) is 30.5 Å². The highest BCUT2D eigenvalue weighted by Gasteiger charge is 2.43. The second-order valence-electron chi connectivity index (χ2n) is 6.76. The molecule has 2 unspecified atom stereocenters. The summed E-state index contributed by atoms with van der Waals surface area (Å²) in [5, 5.41) is 59.6. The number of aliphatic hydroxyl groups excluding tert-OH is 6. The van der Waals surface area contributed by atoms with Crippen LogP contribution in [0, 0.1) is 5.41 Å². The van der Waals surface area contributed by atoms with Gasteiger partial charge >= 0.3 is 0 Å². The van der Waals surface area contributed by atoms with E-state index in [1.165, 1.54) is 0 Å². The van der Waals surface area contributed by atoms with Gasteiger partial charge in [-0.05, 0) is 6.42 Å². The molecular formula is C15H29NO9. The van der Waals surface area contributed by atoms with Crippen LogP contribution < -0.4 is 5.32 Å². The quantitative estimate of drug-likeness (QED) is 0.206. The molecule has 6 atom stereocenters. The Labute approximate surface area is 146 Å². The van der Waals surface area contributed by atoms with Crippen LogP contribution in [0.15, 0.2) is 0 Å². The molecule has 0 bridgehead atoms. The van der Waals surface area contributed by atoms with Crippen LogP contribution in [0.4, 0.5) is 0 Å². The first-order valence-corrected chi connectivity index (χ1v) is 8.14. The van der Waals surface area contributed by atoms with Crippen molar-refractivity contribution < 1.29 is 44.9 Å². The Morgan fingerprint density at radius 3 is 2.40 bits per heavy atom. The second-order valence-corrected chi connectivity index (χ2v) is 6.76. The van der Waals surface area contributed by atoms with E-state index in [4.69, 9.17) is 19.7 Å². The van der Waals surface area contributed by atoms with Crippen molar-refractivity contribution in [2.24, 2.45) is 5.41 Å². The lowest BCUT2D eigenvalue weighted by molar-refractivity contribution is -0.301. The maximum Gasteiger partial charge on any atom is 0.249 e. The van der Waals surface area contributed by atoms with Crippen LogP contribution in [0.5, 0.6) is 0 Å². The number of ether oxygens (including phenoxy) is 2. The molecule has 0 saturated carbocycles. The van der Waals surface area contributed by atoms with E-state index in [0.717, 1.165) is 0 Å². The van der Waals surface area contributed by atoms with E-state index in [2.05, 4.69) is 5.32 Å². The Morgan fingerprint density at radius 1 is 1.20 bits per heavy atom. The number of hydrogen-bond donors (Lipinski definition) is 7. The molecule has 1 fully saturated rings. The van der Waals surface area contributed by atoms with Gasteiger partial charge in [0.25, 0.3) is 0 Å². The monoisotopic (exact) mass is 367 g/mol. The lowest BCUT2D eigenvalue weighted by Gasteiger charge is -2.39. The highest BCUT2D eigenvalue weighted by Crippen LogP contribution is 2.22. The molecule has 10 nitrogen and oxygen atoms in total. The largest absolute Gasteiger partial charge is 0.396 e. The zero-order valence-corrected chi connectivity index (χ0v) is 14.4. The van der Waals surface area contributed by atoms with Gasteiger partial charge < -0.3 is 45.4 Å². The summed E-state index contributed by atoms with van der Waals surface area (Å²) >= 11 is 0. The van der Waals surface area contributed by atoms with Gasteiger partial charge in [0.2, 0.25) is 5.91 Å². The smallest absolute Gasteiger partial charge is 0.249 e. The number of nitrogens with one attached hydrogen (secondary N) is 1. The molecule has 1 saturated heterocycles. The molecule has 0 aromatic carbocycles. The average molecular weight is 367 g/mol. The predicted octanol–water partition coefficient (Wildman–Crippen LogP) is -3.31. The van der Waals surface area contributed by atoms with Crippen molar-refractivity contribution in [1.29, 1.82) is 0 Å². The van der Waals surface area contributed by atoms with E-state index in [1.54, 1.807) is 13.8 Å². The molecule has 1 aliphatic heterocycles. The molecule has 0 aromatic heterocycles. The normalized spacial score (nSPS) is 31.6. The number of amides is 1. The Hall–Kier alpha value is -0.850. The van der Waals surface area contributed by atoms with Gasteiger partial charge in [-0.3, -0.25) is 4.79 Å². The van der Waals surface area contributed by atoms with Crippen LogP contribution in [0.3, 0.4) is 0 Å². The Kier molecular flexibility index (Phi) is 8.64. The molecule has 1 heterocycles. The van der Waals surface area contributed by atoms with Gasteiger partial charge in [0, 0.05) is 12.0 Å². The van der Waals surface area contributed by atoms with Crippen molar-refractivity contribution in [2.75, 3.05) is 26.4 Å². The van der Waals surface area contributed by atoms with E-state index < -0.39 is 54.7 Å². The van der Waals surface area contributed by atoms with Gasteiger partial charge in [-0.2, -0.15) is 0 Å². The summed E-state index contributed by atoms with van der Waals surface area (Å²) in [7, 11) is 0. The van der Waals surface area contributed by atoms with Crippen LogP contribution >= 0.6 is 0 Å². The predicted molar refractivity (Wildman–Crippen MR) is 84.2 cm³/mol. The third-order valence-electron chi connectivity index (χ3n) is 4.15. The summed E-state index contributed by atoms with van der Waals surface area (Å²) in [6.07, 6.45) is -7.72. The molecule has 7 N–H and O–H groups in total. The van der Waals surface area contributed by atoms with E-state index in [0.29, 0.717) is 6.42 Å². The molecule has 0 aliphatic carbocycles. The van der Waals surface area contributed by atoms with Crippen LogP contribution in [0.1, 0.15) is 20.3 Å². The number of carbonyl (C=O) groups is 1. The standard InChI is InChI=1S/C15H29NO9/c1-15(2,7-18)12(22)13(23)16-4-3-5-24-14-11(21)10(20)9(19)8(6-17)25-14/h8-12,14,17-22H,3-7H2,1-2H3,(H,16,23)/t8?,9-,10+,11?,12+,14-/m1/s1. The van der Waals surface area contributed by atoms with Crippen LogP contribution in [0.2, 0.25) is 0 Å². The van der Waals surface area contributed by atoms with Gasteiger partial charge in [-0.1, -0.05) is 13.8 Å². The lowest BCUT2D eigenvalue weighted by atomic mass is 9.87. The molecule has 148 valence electrons. The van der Waals surface area contributed by atoms with Gasteiger partial charge in [0.15, 0.2) is 6.29 Å². The third-order valence-corrected chi connectivity index (χ3v) is 4.15. The minimum atomic E-state index is -1.51. The molecule has 1 rings (SSSR count). The highest BCUT2D eigenvalue weighted by molar-refractivity contribution is 5.81. The zero-order chi connectivity index (χ0) is 19.2. The fourth-order valence-corrected chi connectivity index (χ4v) is 2.23. The van der Waals surface area contributed by atoms with Crippen LogP contribution in [-0.4, -0.2) is 99.7 Å². The number of rotatable bonds is 9. The van der Waals surface area contributed by atoms with E-state index >= 15 is 0 Å². The molecule has 25 heavy (non-hydrogen) atoms. The first-order valence-electron chi connectivity index (χ1n) is 8.14. The molecule has 0 radical (unpaired) electrons. The Bertz CT molecular complexity index is 418. The summed E-state index contributed by atoms with van der Waals surface area (Å²) in [6.45, 7) is 2.46. The van der Waals surface area contributed by atoms with Crippen molar-refractivity contribution in [2.45, 2.75) is 57.1 Å². The Balaban J connectivity index is 2.32. The SMILES string of the molecule is CC(C)(CO)[C@@H](O)C(=O)NCCCO[C@@H]1OC(CO)[C@@H](O)[C@H](O)C1O. The van der Waals surface area contributed by atoms with E-state index in [1.807, 2.05) is 0 Å². The van der Waals surface area contributed by atoms with Crippen molar-refractivity contribution in [3.05, 3.63) is 0 Å². The summed E-state index contributed by atoms with van der Waals surface area (Å²) in [6, 6.07) is 0. The minimum absolute atomic E-state index is 0.0580. The summed E-state index contributed by atoms with van der Waals surface area (Å²) < 4.78 is 10.4. The maximum absolute atomic E-state index is 11.8. The number of hydrogen-bond acceptors (Lipinski definition) is 9. The fraction of sp³-hybridized carbons (Fsp3) is 0.933. The van der Waals surface area contributed by atoms with Crippen molar-refractivity contribution >= 4 is 5.91 Å². The van der Waals surface area contributed by atoms with E-state index in [-0.39, 0.29) is 19.8 Å². The molecule has 0 spiro atoms. The van der Waals surface area contributed by atoms with Crippen LogP contribution in [0.25, 0.3) is 0 Å². The van der Waals surface area contributed by atoms with Gasteiger partial charge in [-0.15, -0.1) is 0 Å². The van der Waals surface area contributed by atoms with Crippen molar-refractivity contribution in [3.63, 3.8) is 0 Å². The van der Waals surface area contributed by atoms with Crippen molar-refractivity contribution in [3.8, 4) is 0 Å². The molecule has 0 aromatic rings. The average Bonchev–Trinajstić information content (AvgIpc) is 2.60. The number of aliphatic hydroxyl groups is 6. The number of carbonyl (C=O) groups excluding carboxylic acids is 1. The van der Waals surface area contributed by atoms with Crippen molar-refractivity contribution in [1.82, 2.24) is 5.32 Å². The van der Waals surface area contributed by atoms with Crippen LogP contribution in [-0.2, 0) is 14.3 Å². The van der Waals surface area contributed by atoms with E-state index in [9.17, 15) is 25.2 Å². The zero-order valence-electron chi connectivity index (χ0n) is 14.4. The fourth-order valence-electron chi connectivity index (χ4n) is 2.23. The third kappa shape index (κ3) is 5.83. The Morgan fingerprint density at radius 2 is 1.84 bits per heavy atom. The lowest BCUT2D eigenvalue weighted by Crippen LogP contribution is -2.59. The summed E-state index contributed by atoms with van der Waals surface area (Å²) in [4.78, 5) is 11.8. The van der Waals surface area contributed by atoms with Gasteiger partial charge in [-0.25, -0.2) is 0 Å². The maximum atomic E-state index is 11.8. The molecule has 1 aliphatic rings. The first kappa shape index (κ1) is 22.2. The molecule has 1 amide bonds. The van der Waals surface area contributed by atoms with Gasteiger partial charge in [0.05, 0.1) is 19.8 Å².